The zero-order valence-electron chi connectivity index (χ0n) is 12.9. The van der Waals surface area contributed by atoms with Gasteiger partial charge >= 0.3 is 0 Å². The van der Waals surface area contributed by atoms with Crippen molar-refractivity contribution in [1.82, 2.24) is 9.88 Å². The number of thiazole rings is 1. The molecule has 0 radical (unpaired) electrons. The van der Waals surface area contributed by atoms with E-state index in [0.717, 1.165) is 47.5 Å². The summed E-state index contributed by atoms with van der Waals surface area (Å²) < 4.78 is 16.4. The molecule has 2 heterocycles. The minimum absolute atomic E-state index is 0.291. The molecule has 0 saturated heterocycles. The molecule has 22 heavy (non-hydrogen) atoms. The molecule has 5 nitrogen and oxygen atoms in total. The van der Waals surface area contributed by atoms with Crippen LogP contribution in [0.4, 0.5) is 0 Å². The van der Waals surface area contributed by atoms with Crippen molar-refractivity contribution in [3.63, 3.8) is 0 Å². The largest absolute Gasteiger partial charge is 0.493 e. The van der Waals surface area contributed by atoms with Crippen molar-refractivity contribution in [2.75, 3.05) is 27.0 Å². The molecule has 0 fully saturated rings. The number of fused-ring (bicyclic) bond motifs is 1. The molecule has 0 N–H and O–H groups in total. The van der Waals surface area contributed by atoms with E-state index in [2.05, 4.69) is 22.3 Å². The number of nitrogens with zero attached hydrogens (tertiary/aromatic N) is 2. The zero-order valence-corrected chi connectivity index (χ0v) is 13.7. The van der Waals surface area contributed by atoms with E-state index < -0.39 is 0 Å². The molecule has 2 aromatic rings. The Morgan fingerprint density at radius 1 is 1.32 bits per heavy atom. The SMILES string of the molecule is Cc1nc(CN(C)CCCOc2ccc3c(c2)OCO3)cs1. The average Bonchev–Trinajstić information content (AvgIpc) is 3.12. The van der Waals surface area contributed by atoms with Gasteiger partial charge in [-0.05, 0) is 32.5 Å². The Hall–Kier alpha value is -1.79. The summed E-state index contributed by atoms with van der Waals surface area (Å²) in [5.41, 5.74) is 1.14. The molecule has 1 aromatic carbocycles. The van der Waals surface area contributed by atoms with E-state index in [9.17, 15) is 0 Å². The highest BCUT2D eigenvalue weighted by atomic mass is 32.1. The van der Waals surface area contributed by atoms with Crippen molar-refractivity contribution in [3.05, 3.63) is 34.3 Å². The van der Waals surface area contributed by atoms with Crippen LogP contribution in [0, 0.1) is 6.92 Å². The van der Waals surface area contributed by atoms with Gasteiger partial charge < -0.3 is 19.1 Å². The van der Waals surface area contributed by atoms with Crippen molar-refractivity contribution in [3.8, 4) is 17.2 Å². The van der Waals surface area contributed by atoms with Crippen molar-refractivity contribution in [1.29, 1.82) is 0 Å². The van der Waals surface area contributed by atoms with Crippen LogP contribution in [0.1, 0.15) is 17.1 Å². The van der Waals surface area contributed by atoms with Gasteiger partial charge in [0.25, 0.3) is 0 Å². The first-order valence-corrected chi connectivity index (χ1v) is 8.21. The molecular formula is C16H20N2O3S. The lowest BCUT2D eigenvalue weighted by Crippen LogP contribution is -2.21. The summed E-state index contributed by atoms with van der Waals surface area (Å²) in [5, 5.41) is 3.24. The van der Waals surface area contributed by atoms with Gasteiger partial charge in [0, 0.05) is 24.5 Å². The third kappa shape index (κ3) is 3.90. The van der Waals surface area contributed by atoms with Gasteiger partial charge in [0.05, 0.1) is 17.3 Å². The predicted molar refractivity (Wildman–Crippen MR) is 85.9 cm³/mol. The van der Waals surface area contributed by atoms with E-state index in [4.69, 9.17) is 14.2 Å². The highest BCUT2D eigenvalue weighted by molar-refractivity contribution is 7.09. The molecular weight excluding hydrogens is 300 g/mol. The Morgan fingerprint density at radius 3 is 3.00 bits per heavy atom. The predicted octanol–water partition coefficient (Wildman–Crippen LogP) is 3.08. The van der Waals surface area contributed by atoms with Crippen LogP contribution in [0.15, 0.2) is 23.6 Å². The lowest BCUT2D eigenvalue weighted by Gasteiger charge is -2.15. The fourth-order valence-electron chi connectivity index (χ4n) is 2.33. The molecule has 0 unspecified atom stereocenters. The summed E-state index contributed by atoms with van der Waals surface area (Å²) in [6.07, 6.45) is 0.966. The van der Waals surface area contributed by atoms with Gasteiger partial charge in [0.1, 0.15) is 5.75 Å². The Labute approximate surface area is 134 Å². The second-order valence-corrected chi connectivity index (χ2v) is 6.37. The highest BCUT2D eigenvalue weighted by Gasteiger charge is 2.13. The van der Waals surface area contributed by atoms with E-state index in [1.54, 1.807) is 11.3 Å². The van der Waals surface area contributed by atoms with E-state index in [1.807, 2.05) is 25.1 Å². The average molecular weight is 320 g/mol. The maximum atomic E-state index is 5.76. The van der Waals surface area contributed by atoms with Crippen molar-refractivity contribution in [2.24, 2.45) is 0 Å². The number of rotatable bonds is 7. The fraction of sp³-hybridized carbons (Fsp3) is 0.438. The summed E-state index contributed by atoms with van der Waals surface area (Å²) in [5.74, 6) is 2.36. The van der Waals surface area contributed by atoms with Gasteiger partial charge in [-0.3, -0.25) is 0 Å². The maximum Gasteiger partial charge on any atom is 0.231 e. The second-order valence-electron chi connectivity index (χ2n) is 5.31. The Balaban J connectivity index is 1.38. The van der Waals surface area contributed by atoms with Crippen LogP contribution in [0.3, 0.4) is 0 Å². The lowest BCUT2D eigenvalue weighted by molar-refractivity contribution is 0.173. The second kappa shape index (κ2) is 6.98. The standard InChI is InChI=1S/C16H20N2O3S/c1-12-17-13(10-22-12)9-18(2)6-3-7-19-14-4-5-15-16(8-14)21-11-20-15/h4-5,8,10H,3,6-7,9,11H2,1-2H3. The normalized spacial score (nSPS) is 12.9. The van der Waals surface area contributed by atoms with Crippen molar-refractivity contribution in [2.45, 2.75) is 19.9 Å². The third-order valence-corrected chi connectivity index (χ3v) is 4.22. The van der Waals surface area contributed by atoms with Crippen LogP contribution in [-0.2, 0) is 6.54 Å². The van der Waals surface area contributed by atoms with Crippen molar-refractivity contribution >= 4 is 11.3 Å². The number of aromatic nitrogens is 1. The quantitative estimate of drug-likeness (QED) is 0.734. The van der Waals surface area contributed by atoms with E-state index in [0.29, 0.717) is 13.4 Å². The molecule has 118 valence electrons. The van der Waals surface area contributed by atoms with Gasteiger partial charge in [0.15, 0.2) is 11.5 Å². The van der Waals surface area contributed by atoms with Crippen LogP contribution < -0.4 is 14.2 Å². The van der Waals surface area contributed by atoms with Gasteiger partial charge in [-0.2, -0.15) is 0 Å². The van der Waals surface area contributed by atoms with Crippen molar-refractivity contribution < 1.29 is 14.2 Å². The van der Waals surface area contributed by atoms with Gasteiger partial charge in [-0.1, -0.05) is 0 Å². The summed E-state index contributed by atoms with van der Waals surface area (Å²) >= 11 is 1.70. The Kier molecular flexibility index (Phi) is 4.80. The molecule has 6 heteroatoms. The molecule has 0 saturated carbocycles. The molecule has 1 aliphatic rings. The molecule has 0 bridgehead atoms. The van der Waals surface area contributed by atoms with Crippen LogP contribution >= 0.6 is 11.3 Å². The van der Waals surface area contributed by atoms with E-state index in [1.165, 1.54) is 0 Å². The van der Waals surface area contributed by atoms with Gasteiger partial charge in [0.2, 0.25) is 6.79 Å². The number of hydrogen-bond acceptors (Lipinski definition) is 6. The van der Waals surface area contributed by atoms with Crippen LogP contribution in [0.2, 0.25) is 0 Å². The summed E-state index contributed by atoms with van der Waals surface area (Å²) in [4.78, 5) is 6.74. The van der Waals surface area contributed by atoms with Gasteiger partial charge in [-0.15, -0.1) is 11.3 Å². The van der Waals surface area contributed by atoms with E-state index >= 15 is 0 Å². The molecule has 3 rings (SSSR count). The minimum atomic E-state index is 0.291. The number of benzene rings is 1. The number of hydrogen-bond donors (Lipinski definition) is 0. The molecule has 0 spiro atoms. The first-order chi connectivity index (χ1) is 10.7. The van der Waals surface area contributed by atoms with Crippen LogP contribution in [-0.4, -0.2) is 36.9 Å². The number of aryl methyl sites for hydroxylation is 1. The molecule has 0 atom stereocenters. The Morgan fingerprint density at radius 2 is 2.18 bits per heavy atom. The first kappa shape index (κ1) is 15.1. The third-order valence-electron chi connectivity index (χ3n) is 3.40. The molecule has 1 aliphatic heterocycles. The number of ether oxygens (including phenoxy) is 3. The highest BCUT2D eigenvalue weighted by Crippen LogP contribution is 2.35. The summed E-state index contributed by atoms with van der Waals surface area (Å²) in [6.45, 7) is 4.86. The monoisotopic (exact) mass is 320 g/mol. The van der Waals surface area contributed by atoms with E-state index in [-0.39, 0.29) is 0 Å². The minimum Gasteiger partial charge on any atom is -0.493 e. The van der Waals surface area contributed by atoms with Crippen LogP contribution in [0.5, 0.6) is 17.2 Å². The maximum absolute atomic E-state index is 5.76. The molecule has 0 amide bonds. The lowest BCUT2D eigenvalue weighted by atomic mass is 10.3. The zero-order chi connectivity index (χ0) is 15.4. The summed E-state index contributed by atoms with van der Waals surface area (Å²) in [6, 6.07) is 5.67. The first-order valence-electron chi connectivity index (χ1n) is 7.33. The molecule has 0 aliphatic carbocycles. The molecule has 1 aromatic heterocycles. The fourth-order valence-corrected chi connectivity index (χ4v) is 2.93. The Bertz CT molecular complexity index is 630. The topological polar surface area (TPSA) is 43.8 Å². The summed E-state index contributed by atoms with van der Waals surface area (Å²) in [7, 11) is 2.11. The van der Waals surface area contributed by atoms with Crippen LogP contribution in [0.25, 0.3) is 0 Å². The smallest absolute Gasteiger partial charge is 0.231 e. The van der Waals surface area contributed by atoms with Gasteiger partial charge in [-0.25, -0.2) is 4.98 Å².